The second-order valence-corrected chi connectivity index (χ2v) is 11.2. The van der Waals surface area contributed by atoms with Crippen LogP contribution in [0.1, 0.15) is 62.4 Å². The lowest BCUT2D eigenvalue weighted by Crippen LogP contribution is -2.33. The van der Waals surface area contributed by atoms with Crippen LogP contribution in [0.15, 0.2) is 41.3 Å². The summed E-state index contributed by atoms with van der Waals surface area (Å²) in [7, 11) is 0. The molecule has 2 saturated carbocycles. The maximum atomic E-state index is 15.3. The normalized spacial score (nSPS) is 17.8. The standard InChI is InChI=1S/C28H27FN8O/c1-27(2,14-30)22-8-7-21(29)24(34-22)37-23-19(25(38)36(37)18-4-5-18)13-32-26(35-23)33-17-3-6-20-16(11-17)12-31-15-28(20)9-10-28/h3,6-8,11,13,18,31H,4-5,9-10,12,15H2,1-2H3,(H,32,33,35). The van der Waals surface area contributed by atoms with E-state index in [0.29, 0.717) is 17.0 Å². The van der Waals surface area contributed by atoms with Crippen molar-refractivity contribution in [3.8, 4) is 11.9 Å². The van der Waals surface area contributed by atoms with Gasteiger partial charge in [-0.3, -0.25) is 4.79 Å². The van der Waals surface area contributed by atoms with Crippen LogP contribution in [-0.2, 0) is 17.4 Å². The quantitative estimate of drug-likeness (QED) is 0.415. The molecule has 9 nitrogen and oxygen atoms in total. The number of nitrogens with zero attached hydrogens (tertiary/aromatic N) is 6. The topological polar surface area (TPSA) is 113 Å². The van der Waals surface area contributed by atoms with Crippen LogP contribution < -0.4 is 16.2 Å². The summed E-state index contributed by atoms with van der Waals surface area (Å²) in [6, 6.07) is 11.3. The number of hydrogen-bond acceptors (Lipinski definition) is 7. The van der Waals surface area contributed by atoms with Crippen molar-refractivity contribution in [3.05, 3.63) is 69.5 Å². The van der Waals surface area contributed by atoms with Gasteiger partial charge in [0.15, 0.2) is 17.3 Å². The second-order valence-electron chi connectivity index (χ2n) is 11.2. The molecule has 0 unspecified atom stereocenters. The number of aromatic nitrogens is 5. The first-order valence-corrected chi connectivity index (χ1v) is 13.0. The predicted molar refractivity (Wildman–Crippen MR) is 140 cm³/mol. The van der Waals surface area contributed by atoms with Gasteiger partial charge in [0.1, 0.15) is 5.39 Å². The molecule has 2 aliphatic carbocycles. The van der Waals surface area contributed by atoms with Crippen molar-refractivity contribution in [1.29, 1.82) is 5.26 Å². The Labute approximate surface area is 218 Å². The van der Waals surface area contributed by atoms with Crippen molar-refractivity contribution >= 4 is 22.7 Å². The second kappa shape index (κ2) is 7.95. The van der Waals surface area contributed by atoms with Crippen molar-refractivity contribution in [3.63, 3.8) is 0 Å². The molecule has 10 heteroatoms. The lowest BCUT2D eigenvalue weighted by Gasteiger charge is -2.26. The van der Waals surface area contributed by atoms with E-state index >= 15 is 4.39 Å². The Hall–Kier alpha value is -4.10. The maximum Gasteiger partial charge on any atom is 0.278 e. The summed E-state index contributed by atoms with van der Waals surface area (Å²) in [5.41, 5.74) is 3.28. The van der Waals surface area contributed by atoms with Crippen molar-refractivity contribution in [2.24, 2.45) is 0 Å². The van der Waals surface area contributed by atoms with E-state index in [1.165, 1.54) is 51.7 Å². The van der Waals surface area contributed by atoms with E-state index in [2.05, 4.69) is 43.8 Å². The Balaban J connectivity index is 1.34. The Kier molecular flexibility index (Phi) is 4.82. The molecule has 0 bridgehead atoms. The molecule has 1 aliphatic heterocycles. The highest BCUT2D eigenvalue weighted by Gasteiger charge is 2.46. The first kappa shape index (κ1) is 23.0. The molecule has 0 saturated heterocycles. The Bertz CT molecular complexity index is 1720. The van der Waals surface area contributed by atoms with Crippen LogP contribution in [0.2, 0.25) is 0 Å². The van der Waals surface area contributed by atoms with E-state index in [4.69, 9.17) is 0 Å². The molecule has 0 atom stereocenters. The molecule has 0 amide bonds. The molecular weight excluding hydrogens is 483 g/mol. The van der Waals surface area contributed by atoms with Crippen LogP contribution in [0, 0.1) is 17.1 Å². The smallest absolute Gasteiger partial charge is 0.278 e. The van der Waals surface area contributed by atoms with Crippen LogP contribution in [-0.4, -0.2) is 30.9 Å². The summed E-state index contributed by atoms with van der Waals surface area (Å²) in [6.45, 7) is 5.29. The van der Waals surface area contributed by atoms with Crippen LogP contribution in [0.4, 0.5) is 16.0 Å². The number of halogens is 1. The lowest BCUT2D eigenvalue weighted by molar-refractivity contribution is 0.518. The number of anilines is 2. The van der Waals surface area contributed by atoms with Crippen molar-refractivity contribution < 1.29 is 4.39 Å². The number of fused-ring (bicyclic) bond motifs is 3. The van der Waals surface area contributed by atoms with E-state index in [1.807, 2.05) is 6.07 Å². The first-order chi connectivity index (χ1) is 18.3. The maximum absolute atomic E-state index is 15.3. The van der Waals surface area contributed by atoms with E-state index in [-0.39, 0.29) is 28.5 Å². The van der Waals surface area contributed by atoms with Crippen LogP contribution in [0.3, 0.4) is 0 Å². The monoisotopic (exact) mass is 510 g/mol. The van der Waals surface area contributed by atoms with Gasteiger partial charge in [0, 0.05) is 30.4 Å². The third kappa shape index (κ3) is 3.53. The van der Waals surface area contributed by atoms with Crippen LogP contribution in [0.5, 0.6) is 0 Å². The van der Waals surface area contributed by atoms with Gasteiger partial charge in [0.2, 0.25) is 5.95 Å². The summed E-state index contributed by atoms with van der Waals surface area (Å²) < 4.78 is 18.3. The summed E-state index contributed by atoms with van der Waals surface area (Å²) in [4.78, 5) is 27.0. The Morgan fingerprint density at radius 1 is 1.21 bits per heavy atom. The average molecular weight is 511 g/mol. The molecular formula is C28H27FN8O. The van der Waals surface area contributed by atoms with Gasteiger partial charge in [0.25, 0.3) is 5.56 Å². The molecule has 192 valence electrons. The number of hydrogen-bond donors (Lipinski definition) is 2. The summed E-state index contributed by atoms with van der Waals surface area (Å²) >= 11 is 0. The highest BCUT2D eigenvalue weighted by atomic mass is 19.1. The molecule has 4 heterocycles. The third-order valence-electron chi connectivity index (χ3n) is 8.03. The molecule has 3 aliphatic rings. The SMILES string of the molecule is CC(C)(C#N)c1ccc(F)c(-n2c3nc(Nc4ccc5c(c4)CNCC54CC4)ncc3c(=O)n2C2CC2)n1. The molecule has 1 aromatic carbocycles. The van der Waals surface area contributed by atoms with Gasteiger partial charge in [-0.25, -0.2) is 23.7 Å². The van der Waals surface area contributed by atoms with E-state index in [1.54, 1.807) is 13.8 Å². The molecule has 1 spiro atoms. The zero-order chi connectivity index (χ0) is 26.2. The Morgan fingerprint density at radius 3 is 2.76 bits per heavy atom. The van der Waals surface area contributed by atoms with Crippen LogP contribution in [0.25, 0.3) is 16.9 Å². The minimum Gasteiger partial charge on any atom is -0.324 e. The van der Waals surface area contributed by atoms with Gasteiger partial charge >= 0.3 is 0 Å². The fraction of sp³-hybridized carbons (Fsp3) is 0.393. The van der Waals surface area contributed by atoms with Gasteiger partial charge in [-0.05, 0) is 74.9 Å². The molecule has 2 fully saturated rings. The number of benzene rings is 1. The molecule has 7 rings (SSSR count). The summed E-state index contributed by atoms with van der Waals surface area (Å²) in [5.74, 6) is -0.347. The van der Waals surface area contributed by atoms with Gasteiger partial charge in [0.05, 0.1) is 23.2 Å². The number of nitriles is 1. The van der Waals surface area contributed by atoms with Gasteiger partial charge in [-0.2, -0.15) is 10.2 Å². The third-order valence-corrected chi connectivity index (χ3v) is 8.03. The van der Waals surface area contributed by atoms with E-state index in [0.717, 1.165) is 31.6 Å². The van der Waals surface area contributed by atoms with Gasteiger partial charge in [-0.1, -0.05) is 6.07 Å². The lowest BCUT2D eigenvalue weighted by atomic mass is 9.88. The summed E-state index contributed by atoms with van der Waals surface area (Å²) in [5, 5.41) is 16.7. The highest BCUT2D eigenvalue weighted by molar-refractivity contribution is 5.77. The van der Waals surface area contributed by atoms with E-state index in [9.17, 15) is 10.1 Å². The fourth-order valence-corrected chi connectivity index (χ4v) is 5.49. The predicted octanol–water partition coefficient (Wildman–Crippen LogP) is 4.13. The zero-order valence-electron chi connectivity index (χ0n) is 21.3. The van der Waals surface area contributed by atoms with Crippen molar-refractivity contribution in [2.45, 2.75) is 62.9 Å². The molecule has 3 aromatic heterocycles. The number of rotatable bonds is 5. The van der Waals surface area contributed by atoms with Crippen molar-refractivity contribution in [1.82, 2.24) is 29.6 Å². The first-order valence-electron chi connectivity index (χ1n) is 13.0. The van der Waals surface area contributed by atoms with Crippen LogP contribution >= 0.6 is 0 Å². The molecule has 38 heavy (non-hydrogen) atoms. The van der Waals surface area contributed by atoms with Gasteiger partial charge in [-0.15, -0.1) is 0 Å². The van der Waals surface area contributed by atoms with Crippen molar-refractivity contribution in [2.75, 3.05) is 11.9 Å². The number of nitrogens with one attached hydrogen (secondary N) is 2. The molecule has 0 radical (unpaired) electrons. The Morgan fingerprint density at radius 2 is 2.03 bits per heavy atom. The fourth-order valence-electron chi connectivity index (χ4n) is 5.49. The van der Waals surface area contributed by atoms with E-state index < -0.39 is 11.2 Å². The minimum atomic E-state index is -0.932. The van der Waals surface area contributed by atoms with Gasteiger partial charge < -0.3 is 10.6 Å². The largest absolute Gasteiger partial charge is 0.324 e. The number of pyridine rings is 1. The molecule has 4 aromatic rings. The summed E-state index contributed by atoms with van der Waals surface area (Å²) in [6.07, 6.45) is 5.54. The average Bonchev–Trinajstić information content (AvgIpc) is 3.85. The minimum absolute atomic E-state index is 0.0518. The highest BCUT2D eigenvalue weighted by Crippen LogP contribution is 2.50. The molecule has 2 N–H and O–H groups in total. The zero-order valence-corrected chi connectivity index (χ0v) is 21.3.